The summed E-state index contributed by atoms with van der Waals surface area (Å²) in [6.07, 6.45) is 0. The lowest BCUT2D eigenvalue weighted by molar-refractivity contribution is 0.0877. The number of carbonyl (C=O) groups excluding carboxylic acids is 4. The molecule has 11 nitrogen and oxygen atoms in total. The standard InChI is InChI=1S/C71H44N6O5/c1-2-74-60-20-8-6-14-50(60)52-32-26-45(39-63(52)74)49-34-36-58-65-54(49)17-11-19-56(65)69(79)77(71(58)81)47-30-24-43(25-31-47)67-73-72-66(82-67)42-22-28-46(29-23-42)76-68(78)55-18-10-16-53-48(33-35-57(64(53)55)70(76)80)44-27-37-62-59(38-44)51-15-7-9-21-61(51)75(62)40-41-12-4-3-5-13-41/h3-39H,2,40H2,1H3. The molecule has 16 rings (SSSR count). The molecule has 82 heavy (non-hydrogen) atoms. The van der Waals surface area contributed by atoms with Crippen LogP contribution >= 0.6 is 0 Å². The fourth-order valence-electron chi connectivity index (χ4n) is 12.8. The van der Waals surface area contributed by atoms with Crippen molar-refractivity contribution >= 4 is 100 Å². The summed E-state index contributed by atoms with van der Waals surface area (Å²) in [5, 5.41) is 16.3. The molecule has 4 amide bonds. The summed E-state index contributed by atoms with van der Waals surface area (Å²) in [4.78, 5) is 60.1. The Labute approximate surface area is 468 Å². The first kappa shape index (κ1) is 47.0. The molecule has 11 aromatic carbocycles. The van der Waals surface area contributed by atoms with Gasteiger partial charge < -0.3 is 13.6 Å². The van der Waals surface area contributed by atoms with Crippen molar-refractivity contribution in [2.75, 3.05) is 9.80 Å². The second kappa shape index (κ2) is 18.0. The van der Waals surface area contributed by atoms with Crippen LogP contribution in [-0.2, 0) is 13.1 Å². The van der Waals surface area contributed by atoms with E-state index in [1.165, 1.54) is 31.7 Å². The summed E-state index contributed by atoms with van der Waals surface area (Å²) in [5.41, 5.74) is 13.4. The normalized spacial score (nSPS) is 13.3. The lowest BCUT2D eigenvalue weighted by Crippen LogP contribution is -2.40. The monoisotopic (exact) mass is 1060 g/mol. The number of imide groups is 2. The van der Waals surface area contributed by atoms with Crippen molar-refractivity contribution in [1.82, 2.24) is 19.3 Å². The van der Waals surface area contributed by atoms with Gasteiger partial charge in [-0.3, -0.25) is 19.2 Å². The van der Waals surface area contributed by atoms with Gasteiger partial charge in [0.2, 0.25) is 11.8 Å². The first-order valence-corrected chi connectivity index (χ1v) is 27.3. The second-order valence-corrected chi connectivity index (χ2v) is 21.0. The molecule has 0 fully saturated rings. The molecule has 0 saturated heterocycles. The van der Waals surface area contributed by atoms with E-state index in [1.807, 2.05) is 54.6 Å². The lowest BCUT2D eigenvalue weighted by Gasteiger charge is -2.28. The fraction of sp³-hybridized carbons (Fsp3) is 0.0423. The van der Waals surface area contributed by atoms with Crippen molar-refractivity contribution in [2.45, 2.75) is 20.0 Å². The predicted molar refractivity (Wildman–Crippen MR) is 323 cm³/mol. The first-order valence-electron chi connectivity index (χ1n) is 27.3. The highest BCUT2D eigenvalue weighted by molar-refractivity contribution is 6.38. The van der Waals surface area contributed by atoms with Crippen molar-refractivity contribution in [2.24, 2.45) is 0 Å². The molecule has 14 aromatic rings. The molecule has 0 saturated carbocycles. The molecule has 0 bridgehead atoms. The van der Waals surface area contributed by atoms with Gasteiger partial charge in [0, 0.05) is 101 Å². The molecular weight excluding hydrogens is 1020 g/mol. The van der Waals surface area contributed by atoms with Gasteiger partial charge in [0.1, 0.15) is 0 Å². The van der Waals surface area contributed by atoms with Gasteiger partial charge >= 0.3 is 0 Å². The molecule has 5 heterocycles. The molecule has 0 N–H and O–H groups in total. The van der Waals surface area contributed by atoms with Gasteiger partial charge in [-0.25, -0.2) is 9.80 Å². The Bertz CT molecular complexity index is 5050. The minimum absolute atomic E-state index is 0.224. The lowest BCUT2D eigenvalue weighted by atomic mass is 9.88. The van der Waals surface area contributed by atoms with E-state index < -0.39 is 23.6 Å². The van der Waals surface area contributed by atoms with Crippen LogP contribution in [0.2, 0.25) is 0 Å². The molecular formula is C71H44N6O5. The molecule has 0 radical (unpaired) electrons. The SMILES string of the molecule is CCn1c2ccccc2c2ccc(-c3ccc4c5c(cccc35)C(=O)N(c3ccc(-c5nnc(-c6ccc(N7C(=O)c8cccc9c(-c%10ccc%11c(c%10)c%10ccccc%10n%11Cc%10ccccc%10)ccc(c89)C7=O)cc6)o5)cc3)C4=O)cc21. The number of hydrogen-bond acceptors (Lipinski definition) is 7. The van der Waals surface area contributed by atoms with Crippen molar-refractivity contribution in [3.05, 3.63) is 252 Å². The summed E-state index contributed by atoms with van der Waals surface area (Å²) in [7, 11) is 0. The van der Waals surface area contributed by atoms with Crippen LogP contribution in [0.3, 0.4) is 0 Å². The Morgan fingerprint density at radius 2 is 0.768 bits per heavy atom. The molecule has 0 unspecified atom stereocenters. The number of rotatable bonds is 9. The quantitative estimate of drug-likeness (QED) is 0.132. The van der Waals surface area contributed by atoms with Gasteiger partial charge in [-0.1, -0.05) is 121 Å². The van der Waals surface area contributed by atoms with Crippen molar-refractivity contribution in [3.8, 4) is 45.2 Å². The topological polar surface area (TPSA) is 124 Å². The minimum Gasteiger partial charge on any atom is -0.416 e. The molecule has 388 valence electrons. The number of fused-ring (bicyclic) bond motifs is 6. The maximum Gasteiger partial charge on any atom is 0.265 e. The fourth-order valence-corrected chi connectivity index (χ4v) is 12.8. The van der Waals surface area contributed by atoms with Gasteiger partial charge in [-0.2, -0.15) is 0 Å². The van der Waals surface area contributed by atoms with E-state index in [0.29, 0.717) is 55.5 Å². The van der Waals surface area contributed by atoms with Crippen molar-refractivity contribution in [3.63, 3.8) is 0 Å². The third-order valence-electron chi connectivity index (χ3n) is 16.7. The molecule has 2 aliphatic rings. The third kappa shape index (κ3) is 6.96. The Hall–Kier alpha value is -11.0. The Morgan fingerprint density at radius 3 is 1.33 bits per heavy atom. The van der Waals surface area contributed by atoms with Gasteiger partial charge in [0.25, 0.3) is 23.6 Å². The molecule has 11 heteroatoms. The zero-order chi connectivity index (χ0) is 54.9. The van der Waals surface area contributed by atoms with Crippen molar-refractivity contribution in [1.29, 1.82) is 0 Å². The average molecular weight is 1060 g/mol. The van der Waals surface area contributed by atoms with Gasteiger partial charge in [-0.05, 0) is 149 Å². The van der Waals surface area contributed by atoms with Crippen LogP contribution in [-0.4, -0.2) is 43.0 Å². The zero-order valence-corrected chi connectivity index (χ0v) is 44.0. The van der Waals surface area contributed by atoms with Gasteiger partial charge in [0.05, 0.1) is 11.4 Å². The zero-order valence-electron chi connectivity index (χ0n) is 44.0. The highest BCUT2D eigenvalue weighted by Crippen LogP contribution is 2.43. The Balaban J connectivity index is 0.646. The summed E-state index contributed by atoms with van der Waals surface area (Å²) >= 11 is 0. The number of benzene rings is 11. The van der Waals surface area contributed by atoms with E-state index >= 15 is 0 Å². The van der Waals surface area contributed by atoms with Crippen LogP contribution in [0.25, 0.3) is 110 Å². The van der Waals surface area contributed by atoms with Crippen LogP contribution in [0.15, 0.2) is 229 Å². The number of para-hydroxylation sites is 2. The van der Waals surface area contributed by atoms with Crippen LogP contribution in [0, 0.1) is 0 Å². The number of anilines is 2. The molecule has 3 aromatic heterocycles. The first-order chi connectivity index (χ1) is 40.3. The maximum absolute atomic E-state index is 14.5. The summed E-state index contributed by atoms with van der Waals surface area (Å²) < 4.78 is 10.9. The largest absolute Gasteiger partial charge is 0.416 e. The molecule has 0 atom stereocenters. The average Bonchev–Trinajstić information content (AvgIpc) is 3.63. The molecule has 2 aliphatic heterocycles. The van der Waals surface area contributed by atoms with Crippen LogP contribution in [0.5, 0.6) is 0 Å². The maximum atomic E-state index is 14.5. The number of aromatic nitrogens is 4. The number of carbonyl (C=O) groups is 4. The van der Waals surface area contributed by atoms with Crippen molar-refractivity contribution < 1.29 is 23.6 Å². The van der Waals surface area contributed by atoms with E-state index in [9.17, 15) is 19.2 Å². The van der Waals surface area contributed by atoms with E-state index in [0.717, 1.165) is 73.4 Å². The highest BCUT2D eigenvalue weighted by Gasteiger charge is 2.37. The molecule has 0 aliphatic carbocycles. The summed E-state index contributed by atoms with van der Waals surface area (Å²) in [6.45, 7) is 3.71. The minimum atomic E-state index is -0.416. The number of hydrogen-bond donors (Lipinski definition) is 0. The van der Waals surface area contributed by atoms with E-state index in [4.69, 9.17) is 4.42 Å². The Kier molecular flexibility index (Phi) is 10.3. The number of aryl methyl sites for hydroxylation is 1. The highest BCUT2D eigenvalue weighted by atomic mass is 16.4. The summed E-state index contributed by atoms with van der Waals surface area (Å²) in [6, 6.07) is 73.0. The van der Waals surface area contributed by atoms with Crippen LogP contribution in [0.1, 0.15) is 53.9 Å². The Morgan fingerprint density at radius 1 is 0.341 bits per heavy atom. The van der Waals surface area contributed by atoms with E-state index in [-0.39, 0.29) is 11.8 Å². The second-order valence-electron chi connectivity index (χ2n) is 21.0. The van der Waals surface area contributed by atoms with E-state index in [1.54, 1.807) is 60.7 Å². The predicted octanol–water partition coefficient (Wildman–Crippen LogP) is 15.9. The van der Waals surface area contributed by atoms with Gasteiger partial charge in [-0.15, -0.1) is 10.2 Å². The summed E-state index contributed by atoms with van der Waals surface area (Å²) in [5.74, 6) is -1.21. The number of amides is 4. The smallest absolute Gasteiger partial charge is 0.265 e. The third-order valence-corrected chi connectivity index (χ3v) is 16.7. The van der Waals surface area contributed by atoms with Crippen LogP contribution in [0.4, 0.5) is 11.4 Å². The number of nitrogens with zero attached hydrogens (tertiary/aromatic N) is 6. The molecule has 0 spiro atoms. The van der Waals surface area contributed by atoms with Gasteiger partial charge in [0.15, 0.2) is 0 Å². The van der Waals surface area contributed by atoms with Crippen LogP contribution < -0.4 is 9.80 Å². The van der Waals surface area contributed by atoms with E-state index in [2.05, 4.69) is 135 Å².